The van der Waals surface area contributed by atoms with Crippen molar-refractivity contribution in [2.24, 2.45) is 5.92 Å². The number of carbonyl (C=O) groups is 1. The van der Waals surface area contributed by atoms with Crippen molar-refractivity contribution in [2.45, 2.75) is 38.6 Å². The number of rotatable bonds is 5. The van der Waals surface area contributed by atoms with Crippen LogP contribution in [0.2, 0.25) is 0 Å². The van der Waals surface area contributed by atoms with Crippen LogP contribution in [0.5, 0.6) is 0 Å². The lowest BCUT2D eigenvalue weighted by Gasteiger charge is -2.41. The number of nitrogens with one attached hydrogen (secondary N) is 2. The maximum atomic E-state index is 12.1. The fourth-order valence-electron chi connectivity index (χ4n) is 3.03. The Hall–Kier alpha value is -0.650. The molecule has 1 atom stereocenters. The monoisotopic (exact) mass is 283 g/mol. The molecule has 5 heteroatoms. The molecular weight excluding hydrogens is 254 g/mol. The van der Waals surface area contributed by atoms with E-state index in [0.29, 0.717) is 18.9 Å². The molecular formula is C15H29N3O2. The molecule has 2 rings (SSSR count). The van der Waals surface area contributed by atoms with Crippen LogP contribution in [0.25, 0.3) is 0 Å². The van der Waals surface area contributed by atoms with Gasteiger partial charge in [-0.25, -0.2) is 0 Å². The number of morpholine rings is 1. The standard InChI is InChI=1S/C15H29N3O2/c1-15(2,18-6-8-20-9-7-18)12-17-14(19)10-13-4-3-5-16-11-13/h13,16H,3-12H2,1-2H3,(H,17,19). The highest BCUT2D eigenvalue weighted by Crippen LogP contribution is 2.16. The van der Waals surface area contributed by atoms with Gasteiger partial charge < -0.3 is 15.4 Å². The highest BCUT2D eigenvalue weighted by molar-refractivity contribution is 5.76. The second-order valence-corrected chi connectivity index (χ2v) is 6.61. The molecule has 1 unspecified atom stereocenters. The van der Waals surface area contributed by atoms with E-state index in [0.717, 1.165) is 39.4 Å². The molecule has 2 saturated heterocycles. The Morgan fingerprint density at radius 2 is 2.15 bits per heavy atom. The lowest BCUT2D eigenvalue weighted by Crippen LogP contribution is -2.55. The molecule has 1 amide bonds. The summed E-state index contributed by atoms with van der Waals surface area (Å²) in [5.41, 5.74) is 0.00422. The van der Waals surface area contributed by atoms with Gasteiger partial charge in [0.2, 0.25) is 5.91 Å². The minimum absolute atomic E-state index is 0.00422. The lowest BCUT2D eigenvalue weighted by molar-refractivity contribution is -0.123. The van der Waals surface area contributed by atoms with Gasteiger partial charge >= 0.3 is 0 Å². The number of ether oxygens (including phenoxy) is 1. The van der Waals surface area contributed by atoms with Crippen molar-refractivity contribution in [3.05, 3.63) is 0 Å². The summed E-state index contributed by atoms with van der Waals surface area (Å²) >= 11 is 0. The highest BCUT2D eigenvalue weighted by Gasteiger charge is 2.28. The Bertz CT molecular complexity index is 308. The lowest BCUT2D eigenvalue weighted by atomic mass is 9.95. The molecule has 116 valence electrons. The molecule has 2 fully saturated rings. The first-order valence-corrected chi connectivity index (χ1v) is 7.88. The summed E-state index contributed by atoms with van der Waals surface area (Å²) in [6, 6.07) is 0. The molecule has 0 aromatic rings. The molecule has 2 aliphatic rings. The van der Waals surface area contributed by atoms with Crippen LogP contribution in [0.4, 0.5) is 0 Å². The van der Waals surface area contributed by atoms with Crippen LogP contribution in [0.3, 0.4) is 0 Å². The summed E-state index contributed by atoms with van der Waals surface area (Å²) in [6.45, 7) is 10.7. The van der Waals surface area contributed by atoms with E-state index in [9.17, 15) is 4.79 Å². The topological polar surface area (TPSA) is 53.6 Å². The predicted molar refractivity (Wildman–Crippen MR) is 79.7 cm³/mol. The zero-order valence-corrected chi connectivity index (χ0v) is 12.9. The first-order valence-electron chi connectivity index (χ1n) is 7.88. The predicted octanol–water partition coefficient (Wildman–Crippen LogP) is 0.603. The van der Waals surface area contributed by atoms with Crippen molar-refractivity contribution in [2.75, 3.05) is 45.9 Å². The fraction of sp³-hybridized carbons (Fsp3) is 0.933. The molecule has 0 saturated carbocycles. The Morgan fingerprint density at radius 1 is 1.40 bits per heavy atom. The quantitative estimate of drug-likeness (QED) is 0.776. The molecule has 0 bridgehead atoms. The van der Waals surface area contributed by atoms with Crippen LogP contribution >= 0.6 is 0 Å². The minimum Gasteiger partial charge on any atom is -0.379 e. The molecule has 0 spiro atoms. The molecule has 0 aliphatic carbocycles. The van der Waals surface area contributed by atoms with Gasteiger partial charge in [0.1, 0.15) is 0 Å². The molecule has 5 nitrogen and oxygen atoms in total. The second-order valence-electron chi connectivity index (χ2n) is 6.61. The normalized spacial score (nSPS) is 25.4. The van der Waals surface area contributed by atoms with Gasteiger partial charge in [-0.05, 0) is 45.7 Å². The Kier molecular flexibility index (Phi) is 5.81. The molecule has 0 aromatic carbocycles. The molecule has 20 heavy (non-hydrogen) atoms. The van der Waals surface area contributed by atoms with Crippen LogP contribution in [0.1, 0.15) is 33.1 Å². The largest absolute Gasteiger partial charge is 0.379 e. The van der Waals surface area contributed by atoms with Gasteiger partial charge in [-0.2, -0.15) is 0 Å². The summed E-state index contributed by atoms with van der Waals surface area (Å²) in [6.07, 6.45) is 3.02. The van der Waals surface area contributed by atoms with Crippen molar-refractivity contribution >= 4 is 5.91 Å². The summed E-state index contributed by atoms with van der Waals surface area (Å²) in [5.74, 6) is 0.704. The molecule has 2 N–H and O–H groups in total. The minimum atomic E-state index is 0.00422. The zero-order chi connectivity index (χ0) is 14.4. The fourth-order valence-corrected chi connectivity index (χ4v) is 3.03. The Labute approximate surface area is 122 Å². The average Bonchev–Trinajstić information content (AvgIpc) is 2.47. The third-order valence-electron chi connectivity index (χ3n) is 4.46. The zero-order valence-electron chi connectivity index (χ0n) is 12.9. The van der Waals surface area contributed by atoms with Gasteiger partial charge in [-0.1, -0.05) is 0 Å². The Balaban J connectivity index is 1.70. The number of hydrogen-bond acceptors (Lipinski definition) is 4. The van der Waals surface area contributed by atoms with Gasteiger partial charge in [0, 0.05) is 31.6 Å². The smallest absolute Gasteiger partial charge is 0.220 e. The van der Waals surface area contributed by atoms with E-state index in [4.69, 9.17) is 4.74 Å². The van der Waals surface area contributed by atoms with E-state index < -0.39 is 0 Å². The summed E-state index contributed by atoms with van der Waals surface area (Å²) in [7, 11) is 0. The van der Waals surface area contributed by atoms with Gasteiger partial charge in [0.15, 0.2) is 0 Å². The van der Waals surface area contributed by atoms with E-state index in [2.05, 4.69) is 29.4 Å². The molecule has 2 aliphatic heterocycles. The van der Waals surface area contributed by atoms with Crippen LogP contribution in [0.15, 0.2) is 0 Å². The molecule has 0 radical (unpaired) electrons. The van der Waals surface area contributed by atoms with Gasteiger partial charge in [-0.15, -0.1) is 0 Å². The first kappa shape index (κ1) is 15.7. The van der Waals surface area contributed by atoms with Crippen LogP contribution < -0.4 is 10.6 Å². The summed E-state index contributed by atoms with van der Waals surface area (Å²) < 4.78 is 5.39. The Morgan fingerprint density at radius 3 is 2.80 bits per heavy atom. The maximum absolute atomic E-state index is 12.1. The van der Waals surface area contributed by atoms with Gasteiger partial charge in [0.05, 0.1) is 13.2 Å². The van der Waals surface area contributed by atoms with Crippen LogP contribution in [-0.2, 0) is 9.53 Å². The van der Waals surface area contributed by atoms with Crippen molar-refractivity contribution in [1.82, 2.24) is 15.5 Å². The third kappa shape index (κ3) is 4.72. The van der Waals surface area contributed by atoms with E-state index in [1.807, 2.05) is 0 Å². The van der Waals surface area contributed by atoms with E-state index in [-0.39, 0.29) is 11.4 Å². The average molecular weight is 283 g/mol. The first-order chi connectivity index (χ1) is 9.58. The number of amides is 1. The highest BCUT2D eigenvalue weighted by atomic mass is 16.5. The van der Waals surface area contributed by atoms with E-state index in [1.165, 1.54) is 12.8 Å². The van der Waals surface area contributed by atoms with Crippen molar-refractivity contribution in [3.8, 4) is 0 Å². The van der Waals surface area contributed by atoms with Crippen LogP contribution in [-0.4, -0.2) is 62.3 Å². The van der Waals surface area contributed by atoms with E-state index in [1.54, 1.807) is 0 Å². The van der Waals surface area contributed by atoms with Crippen molar-refractivity contribution in [3.63, 3.8) is 0 Å². The molecule has 2 heterocycles. The summed E-state index contributed by atoms with van der Waals surface area (Å²) in [4.78, 5) is 14.5. The van der Waals surface area contributed by atoms with Gasteiger partial charge in [0.25, 0.3) is 0 Å². The number of piperidine rings is 1. The second kappa shape index (κ2) is 7.38. The number of hydrogen-bond donors (Lipinski definition) is 2. The number of nitrogens with zero attached hydrogens (tertiary/aromatic N) is 1. The third-order valence-corrected chi connectivity index (χ3v) is 4.46. The SMILES string of the molecule is CC(C)(CNC(=O)CC1CCCNC1)N1CCOCC1. The van der Waals surface area contributed by atoms with Crippen molar-refractivity contribution < 1.29 is 9.53 Å². The van der Waals surface area contributed by atoms with Gasteiger partial charge in [-0.3, -0.25) is 9.69 Å². The van der Waals surface area contributed by atoms with Crippen molar-refractivity contribution in [1.29, 1.82) is 0 Å². The number of carbonyl (C=O) groups excluding carboxylic acids is 1. The maximum Gasteiger partial charge on any atom is 0.220 e. The summed E-state index contributed by atoms with van der Waals surface area (Å²) in [5, 5.41) is 6.48. The van der Waals surface area contributed by atoms with E-state index >= 15 is 0 Å². The van der Waals surface area contributed by atoms with Crippen LogP contribution in [0, 0.1) is 5.92 Å². The molecule has 0 aromatic heterocycles.